The lowest BCUT2D eigenvalue weighted by Gasteiger charge is -2.27. The van der Waals surface area contributed by atoms with E-state index in [-0.39, 0.29) is 6.10 Å². The third-order valence-corrected chi connectivity index (χ3v) is 6.22. The maximum Gasteiger partial charge on any atom is 0.227 e. The maximum absolute atomic E-state index is 10.6. The summed E-state index contributed by atoms with van der Waals surface area (Å²) in [6.45, 7) is 9.51. The number of aliphatic hydroxyl groups is 1. The number of aliphatic hydroxyl groups excluding tert-OH is 1. The van der Waals surface area contributed by atoms with Gasteiger partial charge < -0.3 is 19.3 Å². The van der Waals surface area contributed by atoms with Crippen LogP contribution in [-0.4, -0.2) is 64.9 Å². The number of aryl methyl sites for hydroxylation is 2. The van der Waals surface area contributed by atoms with Crippen LogP contribution >= 0.6 is 0 Å². The van der Waals surface area contributed by atoms with Crippen LogP contribution in [0.5, 0.6) is 11.6 Å². The summed E-state index contributed by atoms with van der Waals surface area (Å²) in [6.07, 6.45) is 1.70. The standard InChI is InChI=1S/C28H37N3O4/c1-4-33-20-24(32)17-30(18-26-11-8-16-34-26)19-27-22(3)29-31(23-9-6-5-7-10-23)28(27)35-25-14-12-21(2)13-15-25/h5-7,9-10,12-15,24,26,32H,4,8,11,16-20H2,1-3H3/t24-,26-/m1/s1. The Balaban J connectivity index is 1.65. The van der Waals surface area contributed by atoms with Gasteiger partial charge in [0.1, 0.15) is 5.75 Å². The zero-order chi connectivity index (χ0) is 24.6. The Morgan fingerprint density at radius 2 is 1.91 bits per heavy atom. The molecule has 0 aliphatic carbocycles. The summed E-state index contributed by atoms with van der Waals surface area (Å²) in [5.41, 5.74) is 4.01. The molecule has 0 radical (unpaired) electrons. The van der Waals surface area contributed by atoms with Crippen molar-refractivity contribution in [2.45, 2.75) is 52.4 Å². The zero-order valence-electron chi connectivity index (χ0n) is 21.0. The van der Waals surface area contributed by atoms with E-state index < -0.39 is 6.10 Å². The first-order valence-electron chi connectivity index (χ1n) is 12.5. The average Bonchev–Trinajstić information content (AvgIpc) is 3.48. The largest absolute Gasteiger partial charge is 0.439 e. The fourth-order valence-corrected chi connectivity index (χ4v) is 4.40. The first-order valence-corrected chi connectivity index (χ1v) is 12.5. The number of rotatable bonds is 12. The molecule has 0 bridgehead atoms. The summed E-state index contributed by atoms with van der Waals surface area (Å²) in [5, 5.41) is 15.5. The summed E-state index contributed by atoms with van der Waals surface area (Å²) < 4.78 is 19.7. The number of nitrogens with zero attached hydrogens (tertiary/aromatic N) is 3. The van der Waals surface area contributed by atoms with Crippen LogP contribution < -0.4 is 4.74 Å². The molecule has 7 heteroatoms. The maximum atomic E-state index is 10.6. The first kappa shape index (κ1) is 25.4. The van der Waals surface area contributed by atoms with Crippen LogP contribution in [0.3, 0.4) is 0 Å². The van der Waals surface area contributed by atoms with E-state index >= 15 is 0 Å². The van der Waals surface area contributed by atoms with Gasteiger partial charge in [-0.3, -0.25) is 4.90 Å². The number of benzene rings is 2. The normalized spacial score (nSPS) is 16.7. The van der Waals surface area contributed by atoms with Gasteiger partial charge in [0, 0.05) is 32.8 Å². The van der Waals surface area contributed by atoms with Crippen LogP contribution in [0, 0.1) is 13.8 Å². The highest BCUT2D eigenvalue weighted by Crippen LogP contribution is 2.32. The van der Waals surface area contributed by atoms with Crippen molar-refractivity contribution in [3.05, 3.63) is 71.4 Å². The summed E-state index contributed by atoms with van der Waals surface area (Å²) in [7, 11) is 0. The van der Waals surface area contributed by atoms with Crippen LogP contribution in [0.15, 0.2) is 54.6 Å². The smallest absolute Gasteiger partial charge is 0.227 e. The predicted octanol–water partition coefficient (Wildman–Crippen LogP) is 4.66. The molecule has 1 aliphatic heterocycles. The van der Waals surface area contributed by atoms with Crippen molar-refractivity contribution in [3.8, 4) is 17.3 Å². The highest BCUT2D eigenvalue weighted by atomic mass is 16.5. The van der Waals surface area contributed by atoms with Crippen molar-refractivity contribution in [2.24, 2.45) is 0 Å². The van der Waals surface area contributed by atoms with Crippen LogP contribution in [0.25, 0.3) is 5.69 Å². The van der Waals surface area contributed by atoms with E-state index in [0.717, 1.165) is 48.7 Å². The van der Waals surface area contributed by atoms with E-state index in [1.54, 1.807) is 0 Å². The van der Waals surface area contributed by atoms with Crippen molar-refractivity contribution in [2.75, 3.05) is 32.9 Å². The van der Waals surface area contributed by atoms with E-state index in [1.807, 2.05) is 73.1 Å². The molecule has 4 rings (SSSR count). The molecular weight excluding hydrogens is 442 g/mol. The molecule has 188 valence electrons. The molecule has 1 saturated heterocycles. The topological polar surface area (TPSA) is 69.0 Å². The van der Waals surface area contributed by atoms with Crippen molar-refractivity contribution < 1.29 is 19.3 Å². The van der Waals surface area contributed by atoms with Gasteiger partial charge in [-0.1, -0.05) is 35.9 Å². The molecule has 2 aromatic carbocycles. The monoisotopic (exact) mass is 479 g/mol. The van der Waals surface area contributed by atoms with Crippen molar-refractivity contribution in [1.29, 1.82) is 0 Å². The van der Waals surface area contributed by atoms with E-state index in [9.17, 15) is 5.11 Å². The number of ether oxygens (including phenoxy) is 3. The Labute approximate surface area is 208 Å². The van der Waals surface area contributed by atoms with Gasteiger partial charge in [0.05, 0.1) is 35.8 Å². The summed E-state index contributed by atoms with van der Waals surface area (Å²) in [4.78, 5) is 2.24. The lowest BCUT2D eigenvalue weighted by molar-refractivity contribution is 0.00498. The average molecular weight is 480 g/mol. The second-order valence-electron chi connectivity index (χ2n) is 9.17. The number of aromatic nitrogens is 2. The molecule has 1 aliphatic rings. The van der Waals surface area contributed by atoms with Gasteiger partial charge >= 0.3 is 0 Å². The minimum Gasteiger partial charge on any atom is -0.439 e. The Morgan fingerprint density at radius 1 is 1.14 bits per heavy atom. The van der Waals surface area contributed by atoms with Crippen LogP contribution in [0.2, 0.25) is 0 Å². The molecule has 7 nitrogen and oxygen atoms in total. The van der Waals surface area contributed by atoms with Crippen LogP contribution in [0.4, 0.5) is 0 Å². The molecule has 0 spiro atoms. The minimum absolute atomic E-state index is 0.167. The van der Waals surface area contributed by atoms with Crippen molar-refractivity contribution in [1.82, 2.24) is 14.7 Å². The van der Waals surface area contributed by atoms with E-state index in [1.165, 1.54) is 5.56 Å². The third-order valence-electron chi connectivity index (χ3n) is 6.22. The van der Waals surface area contributed by atoms with Gasteiger partial charge in [-0.05, 0) is 57.9 Å². The number of hydrogen-bond acceptors (Lipinski definition) is 6. The highest BCUT2D eigenvalue weighted by Gasteiger charge is 2.26. The van der Waals surface area contributed by atoms with Crippen LogP contribution in [0.1, 0.15) is 36.6 Å². The summed E-state index contributed by atoms with van der Waals surface area (Å²) in [5.74, 6) is 1.45. The summed E-state index contributed by atoms with van der Waals surface area (Å²) >= 11 is 0. The zero-order valence-corrected chi connectivity index (χ0v) is 21.0. The van der Waals surface area contributed by atoms with Gasteiger partial charge in [-0.25, -0.2) is 4.68 Å². The Kier molecular flexibility index (Phi) is 8.93. The molecule has 2 atom stereocenters. The quantitative estimate of drug-likeness (QED) is 0.408. The second-order valence-corrected chi connectivity index (χ2v) is 9.17. The molecule has 0 amide bonds. The number of hydrogen-bond donors (Lipinski definition) is 1. The highest BCUT2D eigenvalue weighted by molar-refractivity contribution is 5.43. The third kappa shape index (κ3) is 6.92. The molecular formula is C28H37N3O4. The van der Waals surface area contributed by atoms with Crippen LogP contribution in [-0.2, 0) is 16.0 Å². The lowest BCUT2D eigenvalue weighted by atomic mass is 10.1. The first-order chi connectivity index (χ1) is 17.0. The van der Waals surface area contributed by atoms with E-state index in [4.69, 9.17) is 19.3 Å². The predicted molar refractivity (Wildman–Crippen MR) is 136 cm³/mol. The SMILES string of the molecule is CCOC[C@H](O)CN(Cc1c(C)nn(-c2ccccc2)c1Oc1ccc(C)cc1)C[C@H]1CCCO1. The Hall–Kier alpha value is -2.71. The lowest BCUT2D eigenvalue weighted by Crippen LogP contribution is -2.39. The minimum atomic E-state index is -0.581. The van der Waals surface area contributed by atoms with Gasteiger partial charge in [-0.2, -0.15) is 5.10 Å². The molecule has 1 aromatic heterocycles. The Bertz CT molecular complexity index is 1050. The van der Waals surface area contributed by atoms with Gasteiger partial charge in [0.2, 0.25) is 5.88 Å². The fraction of sp³-hybridized carbons (Fsp3) is 0.464. The summed E-state index contributed by atoms with van der Waals surface area (Å²) in [6, 6.07) is 18.1. The Morgan fingerprint density at radius 3 is 2.60 bits per heavy atom. The van der Waals surface area contributed by atoms with Gasteiger partial charge in [-0.15, -0.1) is 0 Å². The molecule has 2 heterocycles. The molecule has 35 heavy (non-hydrogen) atoms. The van der Waals surface area contributed by atoms with Gasteiger partial charge in [0.25, 0.3) is 0 Å². The molecule has 1 fully saturated rings. The molecule has 0 saturated carbocycles. The van der Waals surface area contributed by atoms with E-state index in [2.05, 4.69) is 11.8 Å². The van der Waals surface area contributed by atoms with E-state index in [0.29, 0.717) is 32.2 Å². The number of para-hydroxylation sites is 1. The molecule has 3 aromatic rings. The van der Waals surface area contributed by atoms with Gasteiger partial charge in [0.15, 0.2) is 0 Å². The molecule has 0 unspecified atom stereocenters. The van der Waals surface area contributed by atoms with Crippen molar-refractivity contribution >= 4 is 0 Å². The fourth-order valence-electron chi connectivity index (χ4n) is 4.40. The molecule has 1 N–H and O–H groups in total. The second kappa shape index (κ2) is 12.3. The van der Waals surface area contributed by atoms with Crippen molar-refractivity contribution in [3.63, 3.8) is 0 Å².